The van der Waals surface area contributed by atoms with Crippen LogP contribution in [0.1, 0.15) is 30.1 Å². The molecule has 1 heterocycles. The number of hydrogen-bond acceptors (Lipinski definition) is 7. The lowest BCUT2D eigenvalue weighted by atomic mass is 10.1. The molecule has 0 aliphatic carbocycles. The molecular formula is C25H31F3N4O7S. The summed E-state index contributed by atoms with van der Waals surface area (Å²) >= 11 is 0. The molecule has 2 aromatic rings. The summed E-state index contributed by atoms with van der Waals surface area (Å²) in [6, 6.07) is 12.5. The lowest BCUT2D eigenvalue weighted by Crippen LogP contribution is -2.49. The van der Waals surface area contributed by atoms with Crippen LogP contribution in [0.3, 0.4) is 0 Å². The summed E-state index contributed by atoms with van der Waals surface area (Å²) in [7, 11) is -3.91. The predicted octanol–water partition coefficient (Wildman–Crippen LogP) is 2.86. The standard InChI is InChI=1S/C23H30N4O5S.C2HF3O2/c1-2-3-11-24-22(28)17-26-12-14-27(15-13-26)18-9-10-21(20(16-18)23(29)30)25-33(31,32)19-7-5-4-6-8-19;3-2(4,5)1(6)7/h4-10,16,25H,2-3,11-15,17H2,1H3,(H,24,28)(H,29,30);(H,6,7). The van der Waals surface area contributed by atoms with Crippen molar-refractivity contribution >= 4 is 39.2 Å². The highest BCUT2D eigenvalue weighted by Crippen LogP contribution is 2.26. The van der Waals surface area contributed by atoms with E-state index in [-0.39, 0.29) is 22.1 Å². The summed E-state index contributed by atoms with van der Waals surface area (Å²) < 4.78 is 59.4. The van der Waals surface area contributed by atoms with Crippen molar-refractivity contribution in [3.05, 3.63) is 54.1 Å². The smallest absolute Gasteiger partial charge is 0.478 e. The van der Waals surface area contributed by atoms with Gasteiger partial charge in [0.05, 0.1) is 22.7 Å². The highest BCUT2D eigenvalue weighted by molar-refractivity contribution is 7.92. The number of rotatable bonds is 10. The van der Waals surface area contributed by atoms with Crippen LogP contribution >= 0.6 is 0 Å². The fourth-order valence-electron chi connectivity index (χ4n) is 3.63. The Morgan fingerprint density at radius 1 is 0.975 bits per heavy atom. The van der Waals surface area contributed by atoms with Crippen molar-refractivity contribution in [3.8, 4) is 0 Å². The number of benzene rings is 2. The molecule has 1 amide bonds. The van der Waals surface area contributed by atoms with E-state index in [0.29, 0.717) is 45.0 Å². The Morgan fingerprint density at radius 3 is 2.10 bits per heavy atom. The quantitative estimate of drug-likeness (QED) is 0.307. The maximum absolute atomic E-state index is 12.6. The highest BCUT2D eigenvalue weighted by atomic mass is 32.2. The number of carbonyl (C=O) groups excluding carboxylic acids is 1. The Bertz CT molecular complexity index is 1270. The van der Waals surface area contributed by atoms with Gasteiger partial charge in [-0.15, -0.1) is 0 Å². The fourth-order valence-corrected chi connectivity index (χ4v) is 4.73. The monoisotopic (exact) mass is 588 g/mol. The third kappa shape index (κ3) is 10.0. The van der Waals surface area contributed by atoms with Crippen LogP contribution in [0.15, 0.2) is 53.4 Å². The molecule has 0 atom stereocenters. The number of hydrogen-bond donors (Lipinski definition) is 4. The van der Waals surface area contributed by atoms with Gasteiger partial charge in [0.1, 0.15) is 0 Å². The second-order valence-electron chi connectivity index (χ2n) is 8.72. The topological polar surface area (TPSA) is 156 Å². The van der Waals surface area contributed by atoms with Gasteiger partial charge in [0, 0.05) is 38.4 Å². The number of anilines is 2. The number of sulfonamides is 1. The van der Waals surface area contributed by atoms with Crippen LogP contribution < -0.4 is 14.9 Å². The molecule has 4 N–H and O–H groups in total. The van der Waals surface area contributed by atoms with Gasteiger partial charge in [0.25, 0.3) is 10.0 Å². The Kier molecular flexibility index (Phi) is 11.7. The molecule has 11 nitrogen and oxygen atoms in total. The molecule has 40 heavy (non-hydrogen) atoms. The Balaban J connectivity index is 0.000000708. The second-order valence-corrected chi connectivity index (χ2v) is 10.4. The molecule has 0 aromatic heterocycles. The Morgan fingerprint density at radius 2 is 1.57 bits per heavy atom. The molecule has 220 valence electrons. The zero-order valence-electron chi connectivity index (χ0n) is 21.6. The first kappa shape index (κ1) is 32.4. The van der Waals surface area contributed by atoms with E-state index in [9.17, 15) is 36.3 Å². The third-order valence-electron chi connectivity index (χ3n) is 5.73. The van der Waals surface area contributed by atoms with Gasteiger partial charge in [-0.1, -0.05) is 31.5 Å². The molecular weight excluding hydrogens is 557 g/mol. The number of alkyl halides is 3. The number of aromatic carboxylic acids is 1. The van der Waals surface area contributed by atoms with Crippen molar-refractivity contribution in [1.82, 2.24) is 10.2 Å². The van der Waals surface area contributed by atoms with Crippen molar-refractivity contribution < 1.29 is 46.2 Å². The number of nitrogens with zero attached hydrogens (tertiary/aromatic N) is 2. The SMILES string of the molecule is CCCCNC(=O)CN1CCN(c2ccc(NS(=O)(=O)c3ccccc3)c(C(=O)O)c2)CC1.O=C(O)C(F)(F)F. The second kappa shape index (κ2) is 14.5. The van der Waals surface area contributed by atoms with Crippen LogP contribution in [-0.4, -0.2) is 86.8 Å². The van der Waals surface area contributed by atoms with Gasteiger partial charge in [-0.2, -0.15) is 13.2 Å². The molecule has 0 bridgehead atoms. The van der Waals surface area contributed by atoms with Gasteiger partial charge in [0.2, 0.25) is 5.91 Å². The molecule has 0 radical (unpaired) electrons. The minimum atomic E-state index is -5.08. The van der Waals surface area contributed by atoms with E-state index in [4.69, 9.17) is 9.90 Å². The van der Waals surface area contributed by atoms with Crippen molar-refractivity contribution in [2.24, 2.45) is 0 Å². The molecule has 0 unspecified atom stereocenters. The zero-order chi connectivity index (χ0) is 29.9. The summed E-state index contributed by atoms with van der Waals surface area (Å²) in [6.07, 6.45) is -3.09. The van der Waals surface area contributed by atoms with Crippen molar-refractivity contribution in [2.75, 3.05) is 48.9 Å². The molecule has 0 saturated carbocycles. The van der Waals surface area contributed by atoms with E-state index in [1.807, 2.05) is 4.90 Å². The number of piperazine rings is 1. The molecule has 1 fully saturated rings. The molecule has 0 spiro atoms. The molecule has 3 rings (SSSR count). The van der Waals surface area contributed by atoms with E-state index in [1.165, 1.54) is 24.3 Å². The normalized spacial score (nSPS) is 14.1. The van der Waals surface area contributed by atoms with E-state index >= 15 is 0 Å². The predicted molar refractivity (Wildman–Crippen MR) is 141 cm³/mol. The first-order valence-corrected chi connectivity index (χ1v) is 13.7. The first-order valence-electron chi connectivity index (χ1n) is 12.2. The van der Waals surface area contributed by atoms with Crippen LogP contribution in [-0.2, 0) is 19.6 Å². The van der Waals surface area contributed by atoms with E-state index < -0.39 is 28.1 Å². The number of carbonyl (C=O) groups is 3. The number of aliphatic carboxylic acids is 1. The summed E-state index contributed by atoms with van der Waals surface area (Å²) in [5.41, 5.74) is 0.587. The van der Waals surface area contributed by atoms with Crippen molar-refractivity contribution in [3.63, 3.8) is 0 Å². The van der Waals surface area contributed by atoms with E-state index in [0.717, 1.165) is 12.8 Å². The first-order chi connectivity index (χ1) is 18.7. The van der Waals surface area contributed by atoms with Gasteiger partial charge in [0.15, 0.2) is 0 Å². The summed E-state index contributed by atoms with van der Waals surface area (Å²) in [4.78, 5) is 36.9. The third-order valence-corrected chi connectivity index (χ3v) is 7.11. The summed E-state index contributed by atoms with van der Waals surface area (Å²) in [5, 5.41) is 19.7. The van der Waals surface area contributed by atoms with Crippen LogP contribution in [0.4, 0.5) is 24.5 Å². The average molecular weight is 589 g/mol. The van der Waals surface area contributed by atoms with Crippen LogP contribution in [0, 0.1) is 0 Å². The number of amides is 1. The van der Waals surface area contributed by atoms with Crippen LogP contribution in [0.5, 0.6) is 0 Å². The van der Waals surface area contributed by atoms with Crippen molar-refractivity contribution in [1.29, 1.82) is 0 Å². The summed E-state index contributed by atoms with van der Waals surface area (Å²) in [6.45, 7) is 5.72. The van der Waals surface area contributed by atoms with Crippen LogP contribution in [0.25, 0.3) is 0 Å². The molecule has 1 aliphatic rings. The minimum absolute atomic E-state index is 0.0116. The van der Waals surface area contributed by atoms with E-state index in [1.54, 1.807) is 24.3 Å². The number of halogens is 3. The van der Waals surface area contributed by atoms with Gasteiger partial charge in [-0.25, -0.2) is 18.0 Å². The van der Waals surface area contributed by atoms with E-state index in [2.05, 4.69) is 21.9 Å². The largest absolute Gasteiger partial charge is 0.490 e. The van der Waals surface area contributed by atoms with Crippen molar-refractivity contribution in [2.45, 2.75) is 30.8 Å². The van der Waals surface area contributed by atoms with Gasteiger partial charge in [-0.3, -0.25) is 14.4 Å². The Labute approximate surface area is 229 Å². The number of carboxylic acids is 2. The molecule has 1 saturated heterocycles. The van der Waals surface area contributed by atoms with Gasteiger partial charge < -0.3 is 20.4 Å². The number of nitrogens with one attached hydrogen (secondary N) is 2. The number of carboxylic acid groups (broad SMARTS) is 2. The van der Waals surface area contributed by atoms with Gasteiger partial charge >= 0.3 is 18.1 Å². The minimum Gasteiger partial charge on any atom is -0.478 e. The van der Waals surface area contributed by atoms with Gasteiger partial charge in [-0.05, 0) is 36.8 Å². The molecule has 2 aromatic carbocycles. The highest BCUT2D eigenvalue weighted by Gasteiger charge is 2.38. The Hall–Kier alpha value is -3.85. The molecule has 1 aliphatic heterocycles. The molecule has 15 heteroatoms. The maximum Gasteiger partial charge on any atom is 0.490 e. The lowest BCUT2D eigenvalue weighted by Gasteiger charge is -2.36. The van der Waals surface area contributed by atoms with Crippen LogP contribution in [0.2, 0.25) is 0 Å². The zero-order valence-corrected chi connectivity index (χ0v) is 22.5. The maximum atomic E-state index is 12.6. The summed E-state index contributed by atoms with van der Waals surface area (Å²) in [5.74, 6) is -3.96. The number of unbranched alkanes of at least 4 members (excludes halogenated alkanes) is 1. The average Bonchev–Trinajstić information content (AvgIpc) is 2.89. The lowest BCUT2D eigenvalue weighted by molar-refractivity contribution is -0.192. The fraction of sp³-hybridized carbons (Fsp3) is 0.400.